The summed E-state index contributed by atoms with van der Waals surface area (Å²) >= 11 is 6.28. The Morgan fingerprint density at radius 1 is 1.42 bits per heavy atom. The van der Waals surface area contributed by atoms with Crippen LogP contribution in [0.25, 0.3) is 10.9 Å². The molecule has 2 N–H and O–H groups in total. The fraction of sp³-hybridized carbons (Fsp3) is 0.294. The number of benzene rings is 1. The molecule has 0 unspecified atom stereocenters. The van der Waals surface area contributed by atoms with Crippen molar-refractivity contribution < 1.29 is 14.1 Å². The van der Waals surface area contributed by atoms with Crippen LogP contribution in [0, 0.1) is 0 Å². The van der Waals surface area contributed by atoms with Gasteiger partial charge in [0.1, 0.15) is 12.0 Å². The van der Waals surface area contributed by atoms with Crippen LogP contribution in [0.15, 0.2) is 35.1 Å². The molecule has 0 saturated carbocycles. The standard InChI is InChI=1S/C17H18ClN3O3/c1-2-19-17(22)9-13-7-11-8-14(18)16(10-15(11)20-13)23-5-3-12-4-6-24-21-12/h4,6-8,10,20H,2-3,5,9H2,1H3,(H,19,22). The van der Waals surface area contributed by atoms with Crippen LogP contribution in [0.3, 0.4) is 0 Å². The van der Waals surface area contributed by atoms with Crippen molar-refractivity contribution in [1.29, 1.82) is 0 Å². The largest absolute Gasteiger partial charge is 0.492 e. The lowest BCUT2D eigenvalue weighted by atomic mass is 10.2. The number of nitrogens with zero attached hydrogens (tertiary/aromatic N) is 1. The molecular weight excluding hydrogens is 330 g/mol. The van der Waals surface area contributed by atoms with Gasteiger partial charge in [-0.25, -0.2) is 0 Å². The highest BCUT2D eigenvalue weighted by atomic mass is 35.5. The molecule has 1 amide bonds. The van der Waals surface area contributed by atoms with Crippen molar-refractivity contribution in [1.82, 2.24) is 15.5 Å². The summed E-state index contributed by atoms with van der Waals surface area (Å²) in [6.45, 7) is 2.96. The number of aromatic nitrogens is 2. The van der Waals surface area contributed by atoms with E-state index in [0.717, 1.165) is 22.3 Å². The van der Waals surface area contributed by atoms with E-state index in [1.807, 2.05) is 25.1 Å². The summed E-state index contributed by atoms with van der Waals surface area (Å²) in [6, 6.07) is 7.41. The van der Waals surface area contributed by atoms with E-state index in [1.54, 1.807) is 6.07 Å². The minimum atomic E-state index is -0.0146. The summed E-state index contributed by atoms with van der Waals surface area (Å²) in [5.74, 6) is 0.582. The second-order valence-electron chi connectivity index (χ2n) is 5.38. The first kappa shape index (κ1) is 16.4. The first-order valence-electron chi connectivity index (χ1n) is 7.75. The molecule has 0 aliphatic heterocycles. The first-order chi connectivity index (χ1) is 11.7. The van der Waals surface area contributed by atoms with Crippen LogP contribution in [0.5, 0.6) is 5.75 Å². The van der Waals surface area contributed by atoms with E-state index in [-0.39, 0.29) is 5.91 Å². The van der Waals surface area contributed by atoms with Crippen molar-refractivity contribution in [3.05, 3.63) is 46.9 Å². The number of nitrogens with one attached hydrogen (secondary N) is 2. The Morgan fingerprint density at radius 3 is 3.04 bits per heavy atom. The number of hydrogen-bond donors (Lipinski definition) is 2. The fourth-order valence-electron chi connectivity index (χ4n) is 2.46. The van der Waals surface area contributed by atoms with E-state index in [4.69, 9.17) is 20.9 Å². The Hall–Kier alpha value is -2.47. The molecule has 0 atom stereocenters. The number of amides is 1. The van der Waals surface area contributed by atoms with Crippen molar-refractivity contribution in [2.75, 3.05) is 13.2 Å². The third kappa shape index (κ3) is 3.89. The molecule has 3 aromatic rings. The molecule has 2 heterocycles. The van der Waals surface area contributed by atoms with Gasteiger partial charge in [0.05, 0.1) is 23.7 Å². The highest BCUT2D eigenvalue weighted by Crippen LogP contribution is 2.30. The van der Waals surface area contributed by atoms with Gasteiger partial charge in [0.15, 0.2) is 0 Å². The molecule has 0 fully saturated rings. The summed E-state index contributed by atoms with van der Waals surface area (Å²) in [6.07, 6.45) is 2.48. The molecule has 0 saturated heterocycles. The zero-order valence-electron chi connectivity index (χ0n) is 13.3. The second kappa shape index (κ2) is 7.40. The van der Waals surface area contributed by atoms with E-state index >= 15 is 0 Å². The van der Waals surface area contributed by atoms with Gasteiger partial charge in [-0.3, -0.25) is 4.79 Å². The van der Waals surface area contributed by atoms with E-state index in [9.17, 15) is 4.79 Å². The molecule has 1 aromatic carbocycles. The van der Waals surface area contributed by atoms with Crippen molar-refractivity contribution >= 4 is 28.4 Å². The Bertz CT molecular complexity index is 827. The predicted octanol–water partition coefficient (Wildman–Crippen LogP) is 3.11. The summed E-state index contributed by atoms with van der Waals surface area (Å²) in [5, 5.41) is 8.09. The maximum atomic E-state index is 11.7. The minimum absolute atomic E-state index is 0.0146. The summed E-state index contributed by atoms with van der Waals surface area (Å²) in [5.41, 5.74) is 2.55. The van der Waals surface area contributed by atoms with E-state index < -0.39 is 0 Å². The molecule has 3 rings (SSSR count). The summed E-state index contributed by atoms with van der Waals surface area (Å²) < 4.78 is 10.5. The highest BCUT2D eigenvalue weighted by Gasteiger charge is 2.10. The van der Waals surface area contributed by atoms with Crippen LogP contribution < -0.4 is 10.1 Å². The van der Waals surface area contributed by atoms with Gasteiger partial charge in [-0.2, -0.15) is 0 Å². The van der Waals surface area contributed by atoms with E-state index in [2.05, 4.69) is 15.5 Å². The zero-order valence-corrected chi connectivity index (χ0v) is 14.0. The van der Waals surface area contributed by atoms with Crippen molar-refractivity contribution in [2.24, 2.45) is 0 Å². The van der Waals surface area contributed by atoms with E-state index in [1.165, 1.54) is 6.26 Å². The average Bonchev–Trinajstić information content (AvgIpc) is 3.17. The zero-order chi connectivity index (χ0) is 16.9. The number of rotatable bonds is 7. The lowest BCUT2D eigenvalue weighted by Crippen LogP contribution is -2.24. The van der Waals surface area contributed by atoms with Gasteiger partial charge >= 0.3 is 0 Å². The smallest absolute Gasteiger partial charge is 0.225 e. The summed E-state index contributed by atoms with van der Waals surface area (Å²) in [7, 11) is 0. The van der Waals surface area contributed by atoms with Gasteiger partial charge in [0.2, 0.25) is 5.91 Å². The molecule has 0 aliphatic carbocycles. The number of fused-ring (bicyclic) bond motifs is 1. The number of likely N-dealkylation sites (N-methyl/N-ethyl adjacent to an activating group) is 1. The molecule has 126 valence electrons. The van der Waals surface area contributed by atoms with Gasteiger partial charge in [0, 0.05) is 41.7 Å². The third-order valence-electron chi connectivity index (χ3n) is 3.56. The topological polar surface area (TPSA) is 80.2 Å². The van der Waals surface area contributed by atoms with E-state index in [0.29, 0.717) is 36.8 Å². The minimum Gasteiger partial charge on any atom is -0.492 e. The fourth-order valence-corrected chi connectivity index (χ4v) is 2.69. The third-order valence-corrected chi connectivity index (χ3v) is 3.86. The number of hydrogen-bond acceptors (Lipinski definition) is 4. The monoisotopic (exact) mass is 347 g/mol. The number of carbonyl (C=O) groups excluding carboxylic acids is 1. The van der Waals surface area contributed by atoms with Gasteiger partial charge < -0.3 is 19.6 Å². The lowest BCUT2D eigenvalue weighted by Gasteiger charge is -2.07. The molecule has 6 nitrogen and oxygen atoms in total. The van der Waals surface area contributed by atoms with Crippen LogP contribution in [0.4, 0.5) is 0 Å². The summed E-state index contributed by atoms with van der Waals surface area (Å²) in [4.78, 5) is 14.9. The number of halogens is 1. The van der Waals surface area contributed by atoms with Crippen LogP contribution >= 0.6 is 11.6 Å². The SMILES string of the molecule is CCNC(=O)Cc1cc2cc(Cl)c(OCCc3ccon3)cc2[nH]1. The lowest BCUT2D eigenvalue weighted by molar-refractivity contribution is -0.120. The van der Waals surface area contributed by atoms with Crippen LogP contribution in [0.2, 0.25) is 5.02 Å². The molecule has 7 heteroatoms. The van der Waals surface area contributed by atoms with Gasteiger partial charge in [0.25, 0.3) is 0 Å². The molecule has 0 bridgehead atoms. The quantitative estimate of drug-likeness (QED) is 0.688. The highest BCUT2D eigenvalue weighted by molar-refractivity contribution is 6.32. The Morgan fingerprint density at radius 2 is 2.29 bits per heavy atom. The Labute approximate surface area is 144 Å². The van der Waals surface area contributed by atoms with Crippen LogP contribution in [-0.4, -0.2) is 29.2 Å². The molecular formula is C17H18ClN3O3. The first-order valence-corrected chi connectivity index (χ1v) is 8.13. The second-order valence-corrected chi connectivity index (χ2v) is 5.79. The number of H-pyrrole nitrogens is 1. The Kier molecular flexibility index (Phi) is 5.05. The molecule has 0 radical (unpaired) electrons. The van der Waals surface area contributed by atoms with Gasteiger partial charge in [-0.1, -0.05) is 16.8 Å². The Balaban J connectivity index is 1.70. The number of ether oxygens (including phenoxy) is 1. The maximum absolute atomic E-state index is 11.7. The molecule has 2 aromatic heterocycles. The molecule has 24 heavy (non-hydrogen) atoms. The van der Waals surface area contributed by atoms with Crippen LogP contribution in [0.1, 0.15) is 18.3 Å². The normalized spacial score (nSPS) is 10.9. The van der Waals surface area contributed by atoms with Crippen molar-refractivity contribution in [3.63, 3.8) is 0 Å². The average molecular weight is 348 g/mol. The maximum Gasteiger partial charge on any atom is 0.225 e. The molecule has 0 spiro atoms. The van der Waals surface area contributed by atoms with Crippen molar-refractivity contribution in [2.45, 2.75) is 19.8 Å². The van der Waals surface area contributed by atoms with Crippen molar-refractivity contribution in [3.8, 4) is 5.75 Å². The predicted molar refractivity (Wildman–Crippen MR) is 91.4 cm³/mol. The number of aromatic amines is 1. The van der Waals surface area contributed by atoms with Gasteiger partial charge in [-0.15, -0.1) is 0 Å². The van der Waals surface area contributed by atoms with Gasteiger partial charge in [-0.05, 0) is 19.1 Å². The molecule has 0 aliphatic rings. The number of carbonyl (C=O) groups is 1. The van der Waals surface area contributed by atoms with Crippen LogP contribution in [-0.2, 0) is 17.6 Å².